The van der Waals surface area contributed by atoms with Crippen LogP contribution in [0.25, 0.3) is 0 Å². The Morgan fingerprint density at radius 3 is 2.58 bits per heavy atom. The van der Waals surface area contributed by atoms with E-state index in [1.807, 2.05) is 0 Å². The fraction of sp³-hybridized carbons (Fsp3) is 0.727. The zero-order valence-electron chi connectivity index (χ0n) is 16.4. The van der Waals surface area contributed by atoms with E-state index in [0.717, 1.165) is 5.92 Å². The highest BCUT2D eigenvalue weighted by Gasteiger charge is 2.61. The van der Waals surface area contributed by atoms with Crippen LogP contribution < -0.4 is 4.90 Å². The second-order valence-electron chi connectivity index (χ2n) is 8.60. The molecule has 3 rings (SSSR count). The first-order valence-electron chi connectivity index (χ1n) is 9.99. The average Bonchev–Trinajstić information content (AvgIpc) is 2.81. The molecular weight excluding hydrogens is 292 g/mol. The second kappa shape index (κ2) is 6.71. The molecule has 2 aliphatic rings. The summed E-state index contributed by atoms with van der Waals surface area (Å²) >= 11 is 0. The van der Waals surface area contributed by atoms with Gasteiger partial charge in [0, 0.05) is 17.6 Å². The Morgan fingerprint density at radius 1 is 1.17 bits per heavy atom. The quantitative estimate of drug-likeness (QED) is 0.719. The molecule has 1 aromatic carbocycles. The zero-order valence-corrected chi connectivity index (χ0v) is 16.4. The molecule has 3 atom stereocenters. The number of benzene rings is 1. The largest absolute Gasteiger partial charge is 0.364 e. The van der Waals surface area contributed by atoms with Crippen LogP contribution in [-0.4, -0.2) is 37.6 Å². The van der Waals surface area contributed by atoms with Gasteiger partial charge in [-0.2, -0.15) is 0 Å². The Labute approximate surface area is 149 Å². The highest BCUT2D eigenvalue weighted by molar-refractivity contribution is 5.67. The van der Waals surface area contributed by atoms with E-state index in [1.54, 1.807) is 5.56 Å². The SMILES string of the molecule is CC[C@@H](C)[C@@]12CCCC[C@]1(C)c1ccccc1N2CCCN(C)C. The molecule has 1 aromatic rings. The summed E-state index contributed by atoms with van der Waals surface area (Å²) in [5.41, 5.74) is 3.78. The molecule has 1 aliphatic heterocycles. The van der Waals surface area contributed by atoms with E-state index in [2.05, 4.69) is 68.9 Å². The molecule has 1 aliphatic carbocycles. The Bertz CT molecular complexity index is 567. The van der Waals surface area contributed by atoms with Crippen LogP contribution in [0, 0.1) is 5.92 Å². The molecule has 0 radical (unpaired) electrons. The van der Waals surface area contributed by atoms with Crippen molar-refractivity contribution in [2.24, 2.45) is 5.92 Å². The van der Waals surface area contributed by atoms with Crippen molar-refractivity contribution in [3.63, 3.8) is 0 Å². The third-order valence-electron chi connectivity index (χ3n) is 7.13. The summed E-state index contributed by atoms with van der Waals surface area (Å²) in [6, 6.07) is 9.30. The molecule has 0 N–H and O–H groups in total. The van der Waals surface area contributed by atoms with Gasteiger partial charge in [0.25, 0.3) is 0 Å². The topological polar surface area (TPSA) is 6.48 Å². The molecule has 2 heteroatoms. The van der Waals surface area contributed by atoms with Crippen LogP contribution in [0.2, 0.25) is 0 Å². The first-order valence-corrected chi connectivity index (χ1v) is 9.99. The van der Waals surface area contributed by atoms with Crippen molar-refractivity contribution in [1.82, 2.24) is 4.90 Å². The number of anilines is 1. The molecule has 0 aromatic heterocycles. The lowest BCUT2D eigenvalue weighted by Crippen LogP contribution is -2.62. The van der Waals surface area contributed by atoms with Crippen LogP contribution >= 0.6 is 0 Å². The Kier molecular flexibility index (Phi) is 4.97. The van der Waals surface area contributed by atoms with Gasteiger partial charge >= 0.3 is 0 Å². The van der Waals surface area contributed by atoms with Gasteiger partial charge in [0.15, 0.2) is 0 Å². The number of hydrogen-bond acceptors (Lipinski definition) is 2. The number of nitrogens with zero attached hydrogens (tertiary/aromatic N) is 2. The van der Waals surface area contributed by atoms with E-state index in [-0.39, 0.29) is 0 Å². The maximum absolute atomic E-state index is 2.85. The number of rotatable bonds is 6. The molecule has 0 amide bonds. The third-order valence-corrected chi connectivity index (χ3v) is 7.13. The first kappa shape index (κ1) is 17.8. The lowest BCUT2D eigenvalue weighted by Gasteiger charge is -2.56. The molecular formula is C22H36N2. The molecule has 0 bridgehead atoms. The predicted octanol–water partition coefficient (Wildman–Crippen LogP) is 5.07. The van der Waals surface area contributed by atoms with Crippen LogP contribution in [0.1, 0.15) is 64.9 Å². The van der Waals surface area contributed by atoms with Gasteiger partial charge in [-0.3, -0.25) is 0 Å². The van der Waals surface area contributed by atoms with E-state index in [1.165, 1.54) is 57.3 Å². The fourth-order valence-electron chi connectivity index (χ4n) is 5.82. The first-order chi connectivity index (χ1) is 11.5. The third kappa shape index (κ3) is 2.49. The minimum atomic E-state index is 0.315. The molecule has 2 nitrogen and oxygen atoms in total. The van der Waals surface area contributed by atoms with Crippen molar-refractivity contribution in [1.29, 1.82) is 0 Å². The summed E-state index contributed by atoms with van der Waals surface area (Å²) in [5, 5.41) is 0. The summed E-state index contributed by atoms with van der Waals surface area (Å²) in [6.07, 6.45) is 7.99. The standard InChI is InChI=1S/C22H36N2/c1-6-18(2)22-15-10-9-14-21(22,3)19-12-7-8-13-20(19)24(22)17-11-16-23(4)5/h7-8,12-13,18H,6,9-11,14-17H2,1-5H3/t18-,21-,22+/m1/s1. The number of hydrogen-bond donors (Lipinski definition) is 0. The minimum absolute atomic E-state index is 0.315. The van der Waals surface area contributed by atoms with Crippen molar-refractivity contribution in [2.45, 2.75) is 70.3 Å². The number of fused-ring (bicyclic) bond motifs is 3. The van der Waals surface area contributed by atoms with E-state index < -0.39 is 0 Å². The fourth-order valence-corrected chi connectivity index (χ4v) is 5.82. The van der Waals surface area contributed by atoms with E-state index in [9.17, 15) is 0 Å². The second-order valence-corrected chi connectivity index (χ2v) is 8.60. The highest BCUT2D eigenvalue weighted by atomic mass is 15.3. The van der Waals surface area contributed by atoms with Gasteiger partial charge in [-0.25, -0.2) is 0 Å². The lowest BCUT2D eigenvalue weighted by molar-refractivity contribution is 0.103. The Balaban J connectivity index is 2.05. The molecule has 134 valence electrons. The summed E-state index contributed by atoms with van der Waals surface area (Å²) in [7, 11) is 4.38. The minimum Gasteiger partial charge on any atom is -0.364 e. The lowest BCUT2D eigenvalue weighted by atomic mass is 9.56. The van der Waals surface area contributed by atoms with Crippen molar-refractivity contribution < 1.29 is 0 Å². The van der Waals surface area contributed by atoms with Crippen LogP contribution in [0.5, 0.6) is 0 Å². The van der Waals surface area contributed by atoms with Gasteiger partial charge in [-0.1, -0.05) is 58.2 Å². The molecule has 1 saturated carbocycles. The van der Waals surface area contributed by atoms with Gasteiger partial charge in [0.1, 0.15) is 0 Å². The summed E-state index contributed by atoms with van der Waals surface area (Å²) in [6.45, 7) is 9.83. The van der Waals surface area contributed by atoms with Crippen LogP contribution in [0.3, 0.4) is 0 Å². The van der Waals surface area contributed by atoms with Gasteiger partial charge in [0.2, 0.25) is 0 Å². The normalized spacial score (nSPS) is 30.3. The molecule has 0 saturated heterocycles. The maximum atomic E-state index is 2.85. The van der Waals surface area contributed by atoms with Crippen LogP contribution in [0.4, 0.5) is 5.69 Å². The summed E-state index contributed by atoms with van der Waals surface area (Å²) in [4.78, 5) is 5.16. The van der Waals surface area contributed by atoms with Crippen molar-refractivity contribution in [2.75, 3.05) is 32.1 Å². The average molecular weight is 329 g/mol. The van der Waals surface area contributed by atoms with Crippen LogP contribution in [-0.2, 0) is 5.41 Å². The van der Waals surface area contributed by atoms with Gasteiger partial charge in [-0.05, 0) is 57.5 Å². The van der Waals surface area contributed by atoms with Crippen LogP contribution in [0.15, 0.2) is 24.3 Å². The summed E-state index contributed by atoms with van der Waals surface area (Å²) in [5.74, 6) is 0.731. The Morgan fingerprint density at radius 2 is 1.88 bits per heavy atom. The van der Waals surface area contributed by atoms with E-state index >= 15 is 0 Å². The van der Waals surface area contributed by atoms with Crippen molar-refractivity contribution in [3.8, 4) is 0 Å². The molecule has 1 heterocycles. The predicted molar refractivity (Wildman–Crippen MR) is 105 cm³/mol. The zero-order chi connectivity index (χ0) is 17.4. The van der Waals surface area contributed by atoms with E-state index in [4.69, 9.17) is 0 Å². The van der Waals surface area contributed by atoms with Gasteiger partial charge in [-0.15, -0.1) is 0 Å². The van der Waals surface area contributed by atoms with Gasteiger partial charge < -0.3 is 9.80 Å². The van der Waals surface area contributed by atoms with Crippen molar-refractivity contribution in [3.05, 3.63) is 29.8 Å². The van der Waals surface area contributed by atoms with Gasteiger partial charge in [0.05, 0.1) is 5.54 Å². The molecule has 1 fully saturated rings. The molecule has 24 heavy (non-hydrogen) atoms. The Hall–Kier alpha value is -1.02. The summed E-state index contributed by atoms with van der Waals surface area (Å²) < 4.78 is 0. The molecule has 0 unspecified atom stereocenters. The van der Waals surface area contributed by atoms with Crippen molar-refractivity contribution >= 4 is 5.69 Å². The highest BCUT2D eigenvalue weighted by Crippen LogP contribution is 2.61. The molecule has 0 spiro atoms. The smallest absolute Gasteiger partial charge is 0.0522 e. The maximum Gasteiger partial charge on any atom is 0.0522 e. The monoisotopic (exact) mass is 328 g/mol. The van der Waals surface area contributed by atoms with E-state index in [0.29, 0.717) is 11.0 Å². The number of para-hydroxylation sites is 1.